The third-order valence-electron chi connectivity index (χ3n) is 2.15. The first-order valence-electron chi connectivity index (χ1n) is 6.27. The van der Waals surface area contributed by atoms with Gasteiger partial charge < -0.3 is 5.32 Å². The van der Waals surface area contributed by atoms with Crippen LogP contribution in [0.25, 0.3) is 0 Å². The van der Waals surface area contributed by atoms with Gasteiger partial charge in [-0.2, -0.15) is 0 Å². The van der Waals surface area contributed by atoms with Gasteiger partial charge in [0.05, 0.1) is 0 Å². The van der Waals surface area contributed by atoms with E-state index in [9.17, 15) is 4.79 Å². The van der Waals surface area contributed by atoms with E-state index in [-0.39, 0.29) is 5.91 Å². The summed E-state index contributed by atoms with van der Waals surface area (Å²) in [5.41, 5.74) is 0. The molecule has 0 rings (SSSR count). The van der Waals surface area contributed by atoms with Crippen molar-refractivity contribution in [1.29, 1.82) is 0 Å². The zero-order chi connectivity index (χ0) is 12.2. The van der Waals surface area contributed by atoms with Gasteiger partial charge in [0.1, 0.15) is 0 Å². The molecule has 16 heavy (non-hydrogen) atoms. The molecule has 0 aliphatic heterocycles. The third kappa shape index (κ3) is 11.0. The Morgan fingerprint density at radius 3 is 2.62 bits per heavy atom. The highest BCUT2D eigenvalue weighted by Crippen LogP contribution is 1.99. The average Bonchev–Trinajstić information content (AvgIpc) is 2.25. The Morgan fingerprint density at radius 2 is 2.00 bits per heavy atom. The topological polar surface area (TPSA) is 29.1 Å². The predicted molar refractivity (Wildman–Crippen MR) is 70.3 cm³/mol. The highest BCUT2D eigenvalue weighted by atomic mass is 16.1. The van der Waals surface area contributed by atoms with Crippen molar-refractivity contribution in [2.75, 3.05) is 6.54 Å². The highest BCUT2D eigenvalue weighted by Gasteiger charge is 1.95. The molecule has 0 saturated carbocycles. The molecular formula is C14H25NO. The number of hydrogen-bond acceptors (Lipinski definition) is 1. The van der Waals surface area contributed by atoms with E-state index in [4.69, 9.17) is 0 Å². The molecule has 0 spiro atoms. The molecule has 0 aromatic heterocycles. The molecule has 0 aliphatic rings. The molecular weight excluding hydrogens is 198 g/mol. The number of rotatable bonds is 8. The van der Waals surface area contributed by atoms with Crippen LogP contribution in [0.5, 0.6) is 0 Å². The normalized spacial score (nSPS) is 11.8. The minimum atomic E-state index is -0.00749. The summed E-state index contributed by atoms with van der Waals surface area (Å²) >= 11 is 0. The van der Waals surface area contributed by atoms with Gasteiger partial charge in [-0.15, -0.1) is 0 Å². The van der Waals surface area contributed by atoms with E-state index in [1.807, 2.05) is 12.2 Å². The van der Waals surface area contributed by atoms with Crippen LogP contribution in [-0.2, 0) is 4.79 Å². The van der Waals surface area contributed by atoms with Gasteiger partial charge in [-0.1, -0.05) is 51.8 Å². The fourth-order valence-electron chi connectivity index (χ4n) is 1.19. The van der Waals surface area contributed by atoms with Crippen LogP contribution in [0.15, 0.2) is 24.3 Å². The van der Waals surface area contributed by atoms with Gasteiger partial charge in [0.2, 0.25) is 5.91 Å². The number of nitrogens with one attached hydrogen (secondary N) is 1. The summed E-state index contributed by atoms with van der Waals surface area (Å²) in [6, 6.07) is 0. The van der Waals surface area contributed by atoms with Crippen LogP contribution >= 0.6 is 0 Å². The van der Waals surface area contributed by atoms with Crippen molar-refractivity contribution in [2.24, 2.45) is 5.92 Å². The molecule has 0 radical (unpaired) electrons. The number of hydrogen-bond donors (Lipinski definition) is 1. The van der Waals surface area contributed by atoms with Crippen molar-refractivity contribution in [2.45, 2.75) is 46.5 Å². The van der Waals surface area contributed by atoms with E-state index in [0.29, 0.717) is 5.92 Å². The number of amides is 1. The molecule has 0 unspecified atom stereocenters. The first kappa shape index (κ1) is 14.9. The number of carbonyl (C=O) groups excluding carboxylic acids is 1. The molecule has 0 aliphatic carbocycles. The van der Waals surface area contributed by atoms with E-state index in [1.54, 1.807) is 6.08 Å². The van der Waals surface area contributed by atoms with Crippen molar-refractivity contribution < 1.29 is 4.79 Å². The summed E-state index contributed by atoms with van der Waals surface area (Å²) in [7, 11) is 0. The molecule has 1 N–H and O–H groups in total. The van der Waals surface area contributed by atoms with Crippen LogP contribution < -0.4 is 5.32 Å². The molecule has 0 saturated heterocycles. The van der Waals surface area contributed by atoms with Crippen LogP contribution in [0, 0.1) is 5.92 Å². The highest BCUT2D eigenvalue weighted by molar-refractivity contribution is 5.87. The first-order chi connectivity index (χ1) is 7.66. The molecule has 92 valence electrons. The van der Waals surface area contributed by atoms with Gasteiger partial charge in [0, 0.05) is 12.6 Å². The van der Waals surface area contributed by atoms with Crippen LogP contribution in [0.1, 0.15) is 46.5 Å². The standard InChI is InChI=1S/C14H25NO/c1-4-5-6-7-8-9-10-11-14(16)15-12-13(2)3/h8-11,13H,4-7,12H2,1-3H3,(H,15,16)/b9-8+,11-10-. The van der Waals surface area contributed by atoms with Crippen LogP contribution in [0.4, 0.5) is 0 Å². The van der Waals surface area contributed by atoms with Crippen molar-refractivity contribution in [3.8, 4) is 0 Å². The summed E-state index contributed by atoms with van der Waals surface area (Å²) in [6.07, 6.45) is 12.3. The summed E-state index contributed by atoms with van der Waals surface area (Å²) in [6.45, 7) is 7.10. The Labute approximate surface area is 99.8 Å². The molecule has 0 heterocycles. The Morgan fingerprint density at radius 1 is 1.25 bits per heavy atom. The second kappa shape index (κ2) is 10.5. The predicted octanol–water partition coefficient (Wildman–Crippen LogP) is 3.45. The maximum Gasteiger partial charge on any atom is 0.243 e. The summed E-state index contributed by atoms with van der Waals surface area (Å²) in [5, 5.41) is 2.83. The lowest BCUT2D eigenvalue weighted by Crippen LogP contribution is -2.25. The second-order valence-corrected chi connectivity index (χ2v) is 4.42. The Hall–Kier alpha value is -1.05. The van der Waals surface area contributed by atoms with Gasteiger partial charge in [-0.25, -0.2) is 0 Å². The van der Waals surface area contributed by atoms with Gasteiger partial charge in [-0.05, 0) is 18.8 Å². The largest absolute Gasteiger partial charge is 0.352 e. The van der Waals surface area contributed by atoms with Crippen molar-refractivity contribution in [3.63, 3.8) is 0 Å². The molecule has 2 heteroatoms. The molecule has 0 atom stereocenters. The molecule has 0 bridgehead atoms. The third-order valence-corrected chi connectivity index (χ3v) is 2.15. The molecule has 0 aromatic rings. The van der Waals surface area contributed by atoms with Gasteiger partial charge in [0.25, 0.3) is 0 Å². The first-order valence-corrected chi connectivity index (χ1v) is 6.27. The minimum Gasteiger partial charge on any atom is -0.352 e. The smallest absolute Gasteiger partial charge is 0.243 e. The van der Waals surface area contributed by atoms with Gasteiger partial charge in [0.15, 0.2) is 0 Å². The van der Waals surface area contributed by atoms with Gasteiger partial charge >= 0.3 is 0 Å². The Bertz CT molecular complexity index is 229. The maximum absolute atomic E-state index is 11.3. The lowest BCUT2D eigenvalue weighted by molar-refractivity contribution is -0.116. The Balaban J connectivity index is 3.54. The fraction of sp³-hybridized carbons (Fsp3) is 0.643. The quantitative estimate of drug-likeness (QED) is 0.381. The van der Waals surface area contributed by atoms with E-state index in [1.165, 1.54) is 19.3 Å². The summed E-state index contributed by atoms with van der Waals surface area (Å²) in [4.78, 5) is 11.3. The van der Waals surface area contributed by atoms with E-state index >= 15 is 0 Å². The van der Waals surface area contributed by atoms with E-state index in [0.717, 1.165) is 13.0 Å². The zero-order valence-corrected chi connectivity index (χ0v) is 10.8. The molecule has 0 aromatic carbocycles. The number of unbranched alkanes of at least 4 members (excludes halogenated alkanes) is 3. The monoisotopic (exact) mass is 223 g/mol. The average molecular weight is 223 g/mol. The SMILES string of the molecule is CCCCC/C=C/C=C\C(=O)NCC(C)C. The van der Waals surface area contributed by atoms with E-state index in [2.05, 4.69) is 32.2 Å². The van der Waals surface area contributed by atoms with Crippen molar-refractivity contribution in [3.05, 3.63) is 24.3 Å². The summed E-state index contributed by atoms with van der Waals surface area (Å²) in [5.74, 6) is 0.494. The molecule has 2 nitrogen and oxygen atoms in total. The molecule has 0 fully saturated rings. The van der Waals surface area contributed by atoms with Crippen molar-refractivity contribution in [1.82, 2.24) is 5.32 Å². The lowest BCUT2D eigenvalue weighted by Gasteiger charge is -2.03. The minimum absolute atomic E-state index is 0.00749. The lowest BCUT2D eigenvalue weighted by atomic mass is 10.2. The second-order valence-electron chi connectivity index (χ2n) is 4.42. The Kier molecular flexibility index (Phi) is 9.78. The zero-order valence-electron chi connectivity index (χ0n) is 10.8. The maximum atomic E-state index is 11.3. The summed E-state index contributed by atoms with van der Waals surface area (Å²) < 4.78 is 0. The van der Waals surface area contributed by atoms with Crippen LogP contribution in [-0.4, -0.2) is 12.5 Å². The van der Waals surface area contributed by atoms with Crippen LogP contribution in [0.3, 0.4) is 0 Å². The van der Waals surface area contributed by atoms with Gasteiger partial charge in [-0.3, -0.25) is 4.79 Å². The fourth-order valence-corrected chi connectivity index (χ4v) is 1.19. The molecule has 1 amide bonds. The number of allylic oxidation sites excluding steroid dienone is 3. The van der Waals surface area contributed by atoms with Crippen LogP contribution in [0.2, 0.25) is 0 Å². The number of carbonyl (C=O) groups is 1. The van der Waals surface area contributed by atoms with E-state index < -0.39 is 0 Å². The van der Waals surface area contributed by atoms with Crippen molar-refractivity contribution >= 4 is 5.91 Å².